The number of hydrogen-bond donors (Lipinski definition) is 2. The molecule has 39 heavy (non-hydrogen) atoms. The number of pyridine rings is 1. The summed E-state index contributed by atoms with van der Waals surface area (Å²) in [6.45, 7) is 5.91. The number of anilines is 1. The van der Waals surface area contributed by atoms with Crippen LogP contribution in [0.25, 0.3) is 33.3 Å². The minimum atomic E-state index is -0.365. The van der Waals surface area contributed by atoms with Gasteiger partial charge in [0.25, 0.3) is 0 Å². The first-order valence-electron chi connectivity index (χ1n) is 13.1. The first-order chi connectivity index (χ1) is 18.9. The van der Waals surface area contributed by atoms with Crippen molar-refractivity contribution in [2.45, 2.75) is 19.6 Å². The van der Waals surface area contributed by atoms with Crippen LogP contribution in [-0.2, 0) is 6.54 Å². The summed E-state index contributed by atoms with van der Waals surface area (Å²) in [5, 5.41) is 15.0. The van der Waals surface area contributed by atoms with E-state index in [0.717, 1.165) is 65.0 Å². The molecule has 5 aromatic rings. The number of hydrogen-bond acceptors (Lipinski definition) is 5. The summed E-state index contributed by atoms with van der Waals surface area (Å²) < 4.78 is 30.6. The molecule has 1 atom stereocenters. The zero-order chi connectivity index (χ0) is 26.9. The van der Waals surface area contributed by atoms with Crippen LogP contribution in [0.15, 0.2) is 73.3 Å². The van der Waals surface area contributed by atoms with Crippen LogP contribution in [0.3, 0.4) is 0 Å². The van der Waals surface area contributed by atoms with E-state index in [1.54, 1.807) is 36.1 Å². The Kier molecular flexibility index (Phi) is 6.85. The molecule has 7 nitrogen and oxygen atoms in total. The standard InChI is InChI=1S/C30H30F2N6O/c1-20(39)17-36-7-9-37(10-8-36)29-6-5-22(13-28(29)32)23-12-26-27(16-34-30(26)33-14-23)24-15-35-38(19-24)18-21-3-2-4-25(31)11-21/h2-6,11-16,19-20,39H,7-10,17-18H2,1H3,(H,33,34)/t20-/m0/s1. The fraction of sp³-hybridized carbons (Fsp3) is 0.267. The molecule has 0 radical (unpaired) electrons. The number of fused-ring (bicyclic) bond motifs is 1. The molecule has 0 amide bonds. The van der Waals surface area contributed by atoms with Crippen LogP contribution in [0, 0.1) is 11.6 Å². The Labute approximate surface area is 225 Å². The van der Waals surface area contributed by atoms with Crippen LogP contribution in [0.5, 0.6) is 0 Å². The SMILES string of the molecule is C[C@H](O)CN1CCN(c2ccc(-c3cnc4[nH]cc(-c5cnn(Cc6cccc(F)c6)c5)c4c3)cc2F)CC1. The van der Waals surface area contributed by atoms with Crippen LogP contribution in [0.2, 0.25) is 0 Å². The van der Waals surface area contributed by atoms with Crippen molar-refractivity contribution in [1.29, 1.82) is 0 Å². The zero-order valence-electron chi connectivity index (χ0n) is 21.7. The van der Waals surface area contributed by atoms with E-state index in [1.165, 1.54) is 12.1 Å². The molecule has 1 aliphatic heterocycles. The summed E-state index contributed by atoms with van der Waals surface area (Å²) in [6.07, 6.45) is 6.99. The number of H-pyrrole nitrogens is 1. The van der Waals surface area contributed by atoms with Gasteiger partial charge in [-0.25, -0.2) is 13.8 Å². The van der Waals surface area contributed by atoms with Gasteiger partial charge in [-0.3, -0.25) is 9.58 Å². The molecule has 0 bridgehead atoms. The number of halogens is 2. The highest BCUT2D eigenvalue weighted by Gasteiger charge is 2.21. The Hall–Kier alpha value is -4.08. The average molecular weight is 529 g/mol. The number of piperazine rings is 1. The van der Waals surface area contributed by atoms with E-state index in [-0.39, 0.29) is 17.7 Å². The summed E-state index contributed by atoms with van der Waals surface area (Å²) in [5.41, 5.74) is 5.59. The first-order valence-corrected chi connectivity index (χ1v) is 13.1. The van der Waals surface area contributed by atoms with E-state index in [0.29, 0.717) is 18.8 Å². The molecule has 6 rings (SSSR count). The van der Waals surface area contributed by atoms with E-state index in [1.807, 2.05) is 36.7 Å². The van der Waals surface area contributed by atoms with E-state index in [4.69, 9.17) is 0 Å². The van der Waals surface area contributed by atoms with Gasteiger partial charge in [-0.15, -0.1) is 0 Å². The van der Waals surface area contributed by atoms with Crippen LogP contribution in [0.1, 0.15) is 12.5 Å². The quantitative estimate of drug-likeness (QED) is 0.314. The Morgan fingerprint density at radius 1 is 0.974 bits per heavy atom. The molecule has 9 heteroatoms. The normalized spacial score (nSPS) is 15.2. The molecule has 4 heterocycles. The fourth-order valence-electron chi connectivity index (χ4n) is 5.30. The zero-order valence-corrected chi connectivity index (χ0v) is 21.7. The number of rotatable bonds is 7. The minimum Gasteiger partial charge on any atom is -0.392 e. The lowest BCUT2D eigenvalue weighted by molar-refractivity contribution is 0.122. The maximum atomic E-state index is 15.3. The van der Waals surface area contributed by atoms with Gasteiger partial charge in [-0.2, -0.15) is 5.10 Å². The number of nitrogens with one attached hydrogen (secondary N) is 1. The molecule has 2 aromatic carbocycles. The van der Waals surface area contributed by atoms with Crippen LogP contribution < -0.4 is 4.90 Å². The van der Waals surface area contributed by atoms with Gasteiger partial charge < -0.3 is 15.0 Å². The topological polar surface area (TPSA) is 73.2 Å². The number of aromatic amines is 1. The second-order valence-electron chi connectivity index (χ2n) is 10.2. The second-order valence-corrected chi connectivity index (χ2v) is 10.2. The van der Waals surface area contributed by atoms with Gasteiger partial charge in [0, 0.05) is 73.4 Å². The highest BCUT2D eigenvalue weighted by atomic mass is 19.1. The van der Waals surface area contributed by atoms with Crippen molar-refractivity contribution in [2.75, 3.05) is 37.6 Å². The summed E-state index contributed by atoms with van der Waals surface area (Å²) in [7, 11) is 0. The van der Waals surface area contributed by atoms with Crippen molar-refractivity contribution in [1.82, 2.24) is 24.6 Å². The van der Waals surface area contributed by atoms with Gasteiger partial charge in [-0.1, -0.05) is 18.2 Å². The summed E-state index contributed by atoms with van der Waals surface area (Å²) in [5.74, 6) is -0.528. The Bertz CT molecular complexity index is 1600. The van der Waals surface area contributed by atoms with Gasteiger partial charge in [0.05, 0.1) is 24.5 Å². The minimum absolute atomic E-state index is 0.260. The number of aliphatic hydroxyl groups is 1. The van der Waals surface area contributed by atoms with E-state index < -0.39 is 0 Å². The van der Waals surface area contributed by atoms with E-state index >= 15 is 4.39 Å². The Morgan fingerprint density at radius 3 is 2.59 bits per heavy atom. The van der Waals surface area contributed by atoms with Crippen LogP contribution in [-0.4, -0.2) is 68.6 Å². The number of aromatic nitrogens is 4. The van der Waals surface area contributed by atoms with Gasteiger partial charge in [0.1, 0.15) is 17.3 Å². The molecule has 0 spiro atoms. The van der Waals surface area contributed by atoms with Crippen LogP contribution >= 0.6 is 0 Å². The van der Waals surface area contributed by atoms with Crippen molar-refractivity contribution < 1.29 is 13.9 Å². The van der Waals surface area contributed by atoms with Crippen molar-refractivity contribution in [3.05, 3.63) is 90.5 Å². The Balaban J connectivity index is 1.22. The molecule has 0 unspecified atom stereocenters. The molecule has 1 saturated heterocycles. The Morgan fingerprint density at radius 2 is 1.82 bits per heavy atom. The first kappa shape index (κ1) is 25.2. The highest BCUT2D eigenvalue weighted by Crippen LogP contribution is 2.32. The second kappa shape index (κ2) is 10.6. The third-order valence-electron chi connectivity index (χ3n) is 7.23. The van der Waals surface area contributed by atoms with E-state index in [9.17, 15) is 9.50 Å². The van der Waals surface area contributed by atoms with Crippen LogP contribution in [0.4, 0.5) is 14.5 Å². The predicted molar refractivity (Wildman–Crippen MR) is 149 cm³/mol. The maximum Gasteiger partial charge on any atom is 0.147 e. The molecule has 1 aliphatic rings. The third-order valence-corrected chi connectivity index (χ3v) is 7.23. The van der Waals surface area contributed by atoms with Gasteiger partial charge in [0.2, 0.25) is 0 Å². The maximum absolute atomic E-state index is 15.3. The molecule has 0 saturated carbocycles. The summed E-state index contributed by atoms with van der Waals surface area (Å²) >= 11 is 0. The molecule has 200 valence electrons. The van der Waals surface area contributed by atoms with Crippen molar-refractivity contribution >= 4 is 16.7 Å². The summed E-state index contributed by atoms with van der Waals surface area (Å²) in [6, 6.07) is 13.9. The molecule has 0 aliphatic carbocycles. The molecular formula is C30H30F2N6O. The largest absolute Gasteiger partial charge is 0.392 e. The molecule has 3 aromatic heterocycles. The lowest BCUT2D eigenvalue weighted by Gasteiger charge is -2.36. The lowest BCUT2D eigenvalue weighted by Crippen LogP contribution is -2.48. The predicted octanol–water partition coefficient (Wildman–Crippen LogP) is 4.92. The summed E-state index contributed by atoms with van der Waals surface area (Å²) in [4.78, 5) is 12.1. The number of benzene rings is 2. The third kappa shape index (κ3) is 5.41. The van der Waals surface area contributed by atoms with Crippen molar-refractivity contribution in [3.8, 4) is 22.3 Å². The van der Waals surface area contributed by atoms with Gasteiger partial charge in [0.15, 0.2) is 0 Å². The van der Waals surface area contributed by atoms with Gasteiger partial charge in [-0.05, 0) is 48.4 Å². The smallest absolute Gasteiger partial charge is 0.147 e. The van der Waals surface area contributed by atoms with Crippen molar-refractivity contribution in [2.24, 2.45) is 0 Å². The number of nitrogens with zero attached hydrogens (tertiary/aromatic N) is 5. The van der Waals surface area contributed by atoms with Gasteiger partial charge >= 0.3 is 0 Å². The highest BCUT2D eigenvalue weighted by molar-refractivity contribution is 5.95. The molecule has 1 fully saturated rings. The molecule has 2 N–H and O–H groups in total. The van der Waals surface area contributed by atoms with Crippen molar-refractivity contribution in [3.63, 3.8) is 0 Å². The average Bonchev–Trinajstić information content (AvgIpc) is 3.55. The number of aliphatic hydroxyl groups excluding tert-OH is 1. The number of β-amino-alcohol motifs (C(OH)–C–C–N with tert-alkyl or cyclic N) is 1. The molecular weight excluding hydrogens is 498 g/mol. The van der Waals surface area contributed by atoms with E-state index in [2.05, 4.69) is 24.9 Å². The fourth-order valence-corrected chi connectivity index (χ4v) is 5.30. The monoisotopic (exact) mass is 528 g/mol. The lowest BCUT2D eigenvalue weighted by atomic mass is 10.0.